The van der Waals surface area contributed by atoms with Gasteiger partial charge in [-0.3, -0.25) is 4.68 Å². The maximum Gasteiger partial charge on any atom is 0.133 e. The van der Waals surface area contributed by atoms with Crippen LogP contribution in [-0.2, 0) is 6.54 Å². The third kappa shape index (κ3) is 4.28. The number of nitrogens with one attached hydrogen (secondary N) is 1. The quantitative estimate of drug-likeness (QED) is 0.829. The highest BCUT2D eigenvalue weighted by molar-refractivity contribution is 5.36. The summed E-state index contributed by atoms with van der Waals surface area (Å²) in [7, 11) is 0. The molecule has 0 spiro atoms. The van der Waals surface area contributed by atoms with Gasteiger partial charge in [0.15, 0.2) is 0 Å². The van der Waals surface area contributed by atoms with Crippen LogP contribution in [0.2, 0.25) is 0 Å². The molecule has 0 radical (unpaired) electrons. The highest BCUT2D eigenvalue weighted by atomic mass is 15.3. The number of anilines is 1. The predicted molar refractivity (Wildman–Crippen MR) is 85.7 cm³/mol. The van der Waals surface area contributed by atoms with Crippen LogP contribution in [0.5, 0.6) is 0 Å². The zero-order valence-electron chi connectivity index (χ0n) is 13.6. The monoisotopic (exact) mass is 287 g/mol. The molecule has 0 saturated heterocycles. The van der Waals surface area contributed by atoms with Crippen LogP contribution < -0.4 is 5.32 Å². The van der Waals surface area contributed by atoms with Crippen molar-refractivity contribution in [3.05, 3.63) is 35.0 Å². The third-order valence-corrected chi connectivity index (χ3v) is 3.34. The van der Waals surface area contributed by atoms with E-state index < -0.39 is 0 Å². The van der Waals surface area contributed by atoms with Gasteiger partial charge in [0.05, 0.1) is 5.69 Å². The van der Waals surface area contributed by atoms with E-state index in [4.69, 9.17) is 0 Å². The molecule has 2 aromatic heterocycles. The van der Waals surface area contributed by atoms with Crippen molar-refractivity contribution in [1.82, 2.24) is 19.7 Å². The first-order valence-corrected chi connectivity index (χ1v) is 7.56. The molecule has 2 aromatic rings. The zero-order chi connectivity index (χ0) is 15.4. The summed E-state index contributed by atoms with van der Waals surface area (Å²) >= 11 is 0. The highest BCUT2D eigenvalue weighted by Crippen LogP contribution is 2.13. The molecule has 0 unspecified atom stereocenters. The Kier molecular flexibility index (Phi) is 4.94. The average Bonchev–Trinajstić information content (AvgIpc) is 2.72. The van der Waals surface area contributed by atoms with Gasteiger partial charge in [0.2, 0.25) is 0 Å². The summed E-state index contributed by atoms with van der Waals surface area (Å²) in [5.74, 6) is 2.16. The van der Waals surface area contributed by atoms with Crippen LogP contribution in [0.3, 0.4) is 0 Å². The lowest BCUT2D eigenvalue weighted by molar-refractivity contribution is 0.573. The lowest BCUT2D eigenvalue weighted by atomic mass is 10.2. The summed E-state index contributed by atoms with van der Waals surface area (Å²) in [5, 5.41) is 7.85. The molecule has 0 aliphatic carbocycles. The minimum absolute atomic E-state index is 0.347. The Morgan fingerprint density at radius 2 is 1.86 bits per heavy atom. The molecule has 0 aromatic carbocycles. The van der Waals surface area contributed by atoms with Gasteiger partial charge in [-0.05, 0) is 33.3 Å². The maximum absolute atomic E-state index is 4.55. The molecule has 2 heterocycles. The Balaban J connectivity index is 1.87. The standard InChI is InChI=1S/C16H25N5/c1-11(2)16-18-12(3)10-15(19-16)17-7-6-8-21-14(5)9-13(4)20-21/h9-11H,6-8H2,1-5H3,(H,17,18,19). The largest absolute Gasteiger partial charge is 0.370 e. The van der Waals surface area contributed by atoms with Gasteiger partial charge in [0.25, 0.3) is 0 Å². The Morgan fingerprint density at radius 3 is 2.48 bits per heavy atom. The Hall–Kier alpha value is -1.91. The second kappa shape index (κ2) is 6.70. The fourth-order valence-corrected chi connectivity index (χ4v) is 2.29. The molecule has 0 saturated carbocycles. The number of hydrogen-bond acceptors (Lipinski definition) is 4. The second-order valence-corrected chi connectivity index (χ2v) is 5.84. The van der Waals surface area contributed by atoms with E-state index in [2.05, 4.69) is 51.9 Å². The summed E-state index contributed by atoms with van der Waals surface area (Å²) in [5.41, 5.74) is 3.30. The van der Waals surface area contributed by atoms with Gasteiger partial charge in [0, 0.05) is 36.5 Å². The van der Waals surface area contributed by atoms with E-state index in [1.807, 2.05) is 19.9 Å². The van der Waals surface area contributed by atoms with Crippen LogP contribution in [0, 0.1) is 20.8 Å². The molecular weight excluding hydrogens is 262 g/mol. The molecule has 21 heavy (non-hydrogen) atoms. The topological polar surface area (TPSA) is 55.6 Å². The molecule has 1 N–H and O–H groups in total. The average molecular weight is 287 g/mol. The summed E-state index contributed by atoms with van der Waals surface area (Å²) in [6.45, 7) is 12.2. The Morgan fingerprint density at radius 1 is 1.10 bits per heavy atom. The summed E-state index contributed by atoms with van der Waals surface area (Å²) in [4.78, 5) is 9.01. The molecule has 5 nitrogen and oxygen atoms in total. The number of rotatable bonds is 6. The van der Waals surface area contributed by atoms with Crippen molar-refractivity contribution in [2.24, 2.45) is 0 Å². The summed E-state index contributed by atoms with van der Waals surface area (Å²) < 4.78 is 2.06. The minimum Gasteiger partial charge on any atom is -0.370 e. The first-order chi connectivity index (χ1) is 9.95. The van der Waals surface area contributed by atoms with Gasteiger partial charge in [-0.15, -0.1) is 0 Å². The van der Waals surface area contributed by atoms with E-state index in [-0.39, 0.29) is 0 Å². The summed E-state index contributed by atoms with van der Waals surface area (Å²) in [6, 6.07) is 4.10. The van der Waals surface area contributed by atoms with E-state index in [1.54, 1.807) is 0 Å². The van der Waals surface area contributed by atoms with Crippen LogP contribution >= 0.6 is 0 Å². The van der Waals surface area contributed by atoms with E-state index in [0.717, 1.165) is 42.5 Å². The van der Waals surface area contributed by atoms with E-state index in [0.29, 0.717) is 5.92 Å². The lowest BCUT2D eigenvalue weighted by Gasteiger charge is -2.10. The molecule has 0 aliphatic heterocycles. The van der Waals surface area contributed by atoms with Gasteiger partial charge in [-0.1, -0.05) is 13.8 Å². The van der Waals surface area contributed by atoms with Gasteiger partial charge in [0.1, 0.15) is 11.6 Å². The number of aromatic nitrogens is 4. The van der Waals surface area contributed by atoms with Gasteiger partial charge in [-0.2, -0.15) is 5.10 Å². The van der Waals surface area contributed by atoms with Crippen LogP contribution in [-0.4, -0.2) is 26.3 Å². The van der Waals surface area contributed by atoms with Crippen molar-refractivity contribution in [2.75, 3.05) is 11.9 Å². The van der Waals surface area contributed by atoms with Crippen LogP contribution in [0.25, 0.3) is 0 Å². The van der Waals surface area contributed by atoms with Gasteiger partial charge in [-0.25, -0.2) is 9.97 Å². The lowest BCUT2D eigenvalue weighted by Crippen LogP contribution is -2.11. The molecule has 0 aliphatic rings. The normalized spacial score (nSPS) is 11.1. The second-order valence-electron chi connectivity index (χ2n) is 5.84. The number of nitrogens with zero attached hydrogens (tertiary/aromatic N) is 4. The smallest absolute Gasteiger partial charge is 0.133 e. The molecule has 0 amide bonds. The van der Waals surface area contributed by atoms with Crippen LogP contribution in [0.15, 0.2) is 12.1 Å². The Bertz CT molecular complexity index is 601. The zero-order valence-corrected chi connectivity index (χ0v) is 13.6. The van der Waals surface area contributed by atoms with E-state index in [9.17, 15) is 0 Å². The van der Waals surface area contributed by atoms with Crippen molar-refractivity contribution in [3.63, 3.8) is 0 Å². The van der Waals surface area contributed by atoms with Gasteiger partial charge < -0.3 is 5.32 Å². The maximum atomic E-state index is 4.55. The molecular formula is C16H25N5. The molecule has 114 valence electrons. The van der Waals surface area contributed by atoms with Crippen molar-refractivity contribution >= 4 is 5.82 Å². The Labute approximate surface area is 126 Å². The van der Waals surface area contributed by atoms with Crippen molar-refractivity contribution in [2.45, 2.75) is 53.5 Å². The fourth-order valence-electron chi connectivity index (χ4n) is 2.29. The minimum atomic E-state index is 0.347. The van der Waals surface area contributed by atoms with Crippen molar-refractivity contribution in [1.29, 1.82) is 0 Å². The van der Waals surface area contributed by atoms with E-state index in [1.165, 1.54) is 5.69 Å². The number of hydrogen-bond donors (Lipinski definition) is 1. The van der Waals surface area contributed by atoms with Crippen LogP contribution in [0.1, 0.15) is 49.1 Å². The van der Waals surface area contributed by atoms with E-state index >= 15 is 0 Å². The third-order valence-electron chi connectivity index (χ3n) is 3.34. The first-order valence-electron chi connectivity index (χ1n) is 7.56. The molecule has 2 rings (SSSR count). The SMILES string of the molecule is Cc1cc(NCCCn2nc(C)cc2C)nc(C(C)C)n1. The molecule has 0 atom stereocenters. The molecule has 0 bridgehead atoms. The van der Waals surface area contributed by atoms with Gasteiger partial charge >= 0.3 is 0 Å². The highest BCUT2D eigenvalue weighted by Gasteiger charge is 2.06. The van der Waals surface area contributed by atoms with Crippen molar-refractivity contribution < 1.29 is 0 Å². The molecule has 5 heteroatoms. The first kappa shape index (κ1) is 15.5. The van der Waals surface area contributed by atoms with Crippen LogP contribution in [0.4, 0.5) is 5.82 Å². The fraction of sp³-hybridized carbons (Fsp3) is 0.562. The summed E-state index contributed by atoms with van der Waals surface area (Å²) in [6.07, 6.45) is 1.02. The molecule has 0 fully saturated rings. The number of aryl methyl sites for hydroxylation is 4. The predicted octanol–water partition coefficient (Wildman–Crippen LogP) is 3.22. The van der Waals surface area contributed by atoms with Crippen molar-refractivity contribution in [3.8, 4) is 0 Å².